The SMILES string of the molecule is COc1ccc(CN2CCCC2CNC2CC2)cc1OC. The van der Waals surface area contributed by atoms with Gasteiger partial charge in [0.25, 0.3) is 0 Å². The molecule has 0 aromatic heterocycles. The average Bonchev–Trinajstić information content (AvgIpc) is 3.25. The molecular formula is C17H26N2O2. The molecule has 0 radical (unpaired) electrons. The molecule has 1 unspecified atom stereocenters. The van der Waals surface area contributed by atoms with Crippen LogP contribution in [0.4, 0.5) is 0 Å². The smallest absolute Gasteiger partial charge is 0.161 e. The summed E-state index contributed by atoms with van der Waals surface area (Å²) in [4.78, 5) is 2.59. The molecule has 0 amide bonds. The fraction of sp³-hybridized carbons (Fsp3) is 0.647. The lowest BCUT2D eigenvalue weighted by Gasteiger charge is -2.25. The molecule has 1 aromatic rings. The normalized spacial score (nSPS) is 22.5. The fourth-order valence-electron chi connectivity index (χ4n) is 3.14. The van der Waals surface area contributed by atoms with Crippen molar-refractivity contribution < 1.29 is 9.47 Å². The van der Waals surface area contributed by atoms with E-state index < -0.39 is 0 Å². The first-order valence-corrected chi connectivity index (χ1v) is 7.98. The molecule has 1 aliphatic heterocycles. The van der Waals surface area contributed by atoms with E-state index in [1.54, 1.807) is 14.2 Å². The van der Waals surface area contributed by atoms with Gasteiger partial charge in [0.1, 0.15) is 0 Å². The quantitative estimate of drug-likeness (QED) is 0.836. The highest BCUT2D eigenvalue weighted by molar-refractivity contribution is 5.42. The minimum absolute atomic E-state index is 0.679. The van der Waals surface area contributed by atoms with Crippen molar-refractivity contribution in [2.45, 2.75) is 44.3 Å². The zero-order valence-electron chi connectivity index (χ0n) is 13.1. The number of ether oxygens (including phenoxy) is 2. The molecule has 1 N–H and O–H groups in total. The molecule has 1 aliphatic carbocycles. The first-order chi connectivity index (χ1) is 10.3. The van der Waals surface area contributed by atoms with E-state index in [-0.39, 0.29) is 0 Å². The molecule has 4 nitrogen and oxygen atoms in total. The molecule has 2 fully saturated rings. The van der Waals surface area contributed by atoms with Gasteiger partial charge in [-0.1, -0.05) is 6.07 Å². The number of likely N-dealkylation sites (tertiary alicyclic amines) is 1. The lowest BCUT2D eigenvalue weighted by atomic mass is 10.1. The van der Waals surface area contributed by atoms with Gasteiger partial charge < -0.3 is 14.8 Å². The van der Waals surface area contributed by atoms with Crippen LogP contribution in [0.5, 0.6) is 11.5 Å². The second-order valence-corrected chi connectivity index (χ2v) is 6.14. The van der Waals surface area contributed by atoms with Gasteiger partial charge in [-0.2, -0.15) is 0 Å². The third-order valence-electron chi connectivity index (χ3n) is 4.55. The van der Waals surface area contributed by atoms with Gasteiger partial charge in [-0.25, -0.2) is 0 Å². The molecule has 116 valence electrons. The van der Waals surface area contributed by atoms with Crippen molar-refractivity contribution in [1.29, 1.82) is 0 Å². The summed E-state index contributed by atoms with van der Waals surface area (Å²) in [5.74, 6) is 1.62. The second kappa shape index (κ2) is 6.67. The molecule has 1 heterocycles. The van der Waals surface area contributed by atoms with Crippen LogP contribution in [0, 0.1) is 0 Å². The van der Waals surface area contributed by atoms with Crippen LogP contribution >= 0.6 is 0 Å². The Kier molecular flexibility index (Phi) is 4.66. The van der Waals surface area contributed by atoms with Crippen LogP contribution in [0.25, 0.3) is 0 Å². The Bertz CT molecular complexity index is 474. The monoisotopic (exact) mass is 290 g/mol. The van der Waals surface area contributed by atoms with Crippen LogP contribution < -0.4 is 14.8 Å². The van der Waals surface area contributed by atoms with Crippen molar-refractivity contribution in [3.05, 3.63) is 23.8 Å². The van der Waals surface area contributed by atoms with Crippen molar-refractivity contribution in [3.63, 3.8) is 0 Å². The average molecular weight is 290 g/mol. The topological polar surface area (TPSA) is 33.7 Å². The Morgan fingerprint density at radius 2 is 1.95 bits per heavy atom. The van der Waals surface area contributed by atoms with Crippen LogP contribution in [-0.2, 0) is 6.54 Å². The largest absolute Gasteiger partial charge is 0.493 e. The van der Waals surface area contributed by atoms with Crippen LogP contribution in [0.3, 0.4) is 0 Å². The van der Waals surface area contributed by atoms with Gasteiger partial charge in [0.15, 0.2) is 11.5 Å². The van der Waals surface area contributed by atoms with Crippen molar-refractivity contribution in [1.82, 2.24) is 10.2 Å². The molecule has 2 aliphatic rings. The molecule has 4 heteroatoms. The number of hydrogen-bond donors (Lipinski definition) is 1. The van der Waals surface area contributed by atoms with E-state index in [1.807, 2.05) is 6.07 Å². The minimum Gasteiger partial charge on any atom is -0.493 e. The summed E-state index contributed by atoms with van der Waals surface area (Å²) in [7, 11) is 3.37. The first-order valence-electron chi connectivity index (χ1n) is 7.98. The Labute approximate surface area is 127 Å². The second-order valence-electron chi connectivity index (χ2n) is 6.14. The Morgan fingerprint density at radius 1 is 1.14 bits per heavy atom. The van der Waals surface area contributed by atoms with Gasteiger partial charge in [0.05, 0.1) is 14.2 Å². The van der Waals surface area contributed by atoms with Gasteiger partial charge in [0, 0.05) is 25.2 Å². The lowest BCUT2D eigenvalue weighted by Crippen LogP contribution is -2.38. The molecule has 1 saturated carbocycles. The highest BCUT2D eigenvalue weighted by atomic mass is 16.5. The van der Waals surface area contributed by atoms with E-state index in [0.717, 1.165) is 30.6 Å². The maximum absolute atomic E-state index is 5.40. The summed E-state index contributed by atoms with van der Waals surface area (Å²) < 4.78 is 10.7. The summed E-state index contributed by atoms with van der Waals surface area (Å²) >= 11 is 0. The standard InChI is InChI=1S/C17H26N2O2/c1-20-16-8-5-13(10-17(16)21-2)12-19-9-3-4-15(19)11-18-14-6-7-14/h5,8,10,14-15,18H,3-4,6-7,9,11-12H2,1-2H3. The molecule has 0 bridgehead atoms. The van der Waals surface area contributed by atoms with Gasteiger partial charge in [0.2, 0.25) is 0 Å². The van der Waals surface area contributed by atoms with Crippen molar-refractivity contribution in [2.75, 3.05) is 27.3 Å². The predicted molar refractivity (Wildman–Crippen MR) is 84.0 cm³/mol. The van der Waals surface area contributed by atoms with Crippen LogP contribution in [0.2, 0.25) is 0 Å². The molecule has 1 atom stereocenters. The summed E-state index contributed by atoms with van der Waals surface area (Å²) in [5.41, 5.74) is 1.30. The number of benzene rings is 1. The van der Waals surface area contributed by atoms with E-state index in [4.69, 9.17) is 9.47 Å². The number of nitrogens with zero attached hydrogens (tertiary/aromatic N) is 1. The van der Waals surface area contributed by atoms with E-state index in [2.05, 4.69) is 22.3 Å². The zero-order chi connectivity index (χ0) is 14.7. The van der Waals surface area contributed by atoms with Crippen LogP contribution in [0.1, 0.15) is 31.2 Å². The highest BCUT2D eigenvalue weighted by Crippen LogP contribution is 2.29. The molecular weight excluding hydrogens is 264 g/mol. The number of nitrogens with one attached hydrogen (secondary N) is 1. The van der Waals surface area contributed by atoms with Crippen molar-refractivity contribution in [3.8, 4) is 11.5 Å². The lowest BCUT2D eigenvalue weighted by molar-refractivity contribution is 0.238. The zero-order valence-corrected chi connectivity index (χ0v) is 13.1. The van der Waals surface area contributed by atoms with E-state index in [9.17, 15) is 0 Å². The van der Waals surface area contributed by atoms with Gasteiger partial charge in [-0.15, -0.1) is 0 Å². The molecule has 21 heavy (non-hydrogen) atoms. The summed E-state index contributed by atoms with van der Waals surface area (Å²) in [5, 5.41) is 3.67. The van der Waals surface area contributed by atoms with Crippen molar-refractivity contribution >= 4 is 0 Å². The number of hydrogen-bond acceptors (Lipinski definition) is 4. The summed E-state index contributed by atoms with van der Waals surface area (Å²) in [6, 6.07) is 7.72. The predicted octanol–water partition coefficient (Wildman–Crippen LogP) is 2.42. The minimum atomic E-state index is 0.679. The van der Waals surface area contributed by atoms with Crippen LogP contribution in [-0.4, -0.2) is 44.3 Å². The summed E-state index contributed by atoms with van der Waals surface area (Å²) in [6.45, 7) is 3.33. The van der Waals surface area contributed by atoms with Crippen molar-refractivity contribution in [2.24, 2.45) is 0 Å². The molecule has 3 rings (SSSR count). The summed E-state index contributed by atoms with van der Waals surface area (Å²) in [6.07, 6.45) is 5.35. The van der Waals surface area contributed by atoms with Gasteiger partial charge in [-0.3, -0.25) is 4.90 Å². The van der Waals surface area contributed by atoms with E-state index >= 15 is 0 Å². The first kappa shape index (κ1) is 14.7. The maximum atomic E-state index is 5.40. The number of methoxy groups -OCH3 is 2. The number of rotatable bonds is 7. The Morgan fingerprint density at radius 3 is 2.67 bits per heavy atom. The Balaban J connectivity index is 1.61. The van der Waals surface area contributed by atoms with E-state index in [0.29, 0.717) is 6.04 Å². The molecule has 1 saturated heterocycles. The van der Waals surface area contributed by atoms with Gasteiger partial charge in [-0.05, 0) is 49.9 Å². The molecule has 1 aromatic carbocycles. The van der Waals surface area contributed by atoms with Crippen LogP contribution in [0.15, 0.2) is 18.2 Å². The maximum Gasteiger partial charge on any atom is 0.161 e. The molecule has 0 spiro atoms. The highest BCUT2D eigenvalue weighted by Gasteiger charge is 2.27. The third kappa shape index (κ3) is 3.69. The van der Waals surface area contributed by atoms with Gasteiger partial charge >= 0.3 is 0 Å². The Hall–Kier alpha value is -1.26. The fourth-order valence-corrected chi connectivity index (χ4v) is 3.14. The third-order valence-corrected chi connectivity index (χ3v) is 4.55. The van der Waals surface area contributed by atoms with E-state index in [1.165, 1.54) is 37.8 Å².